The minimum absolute atomic E-state index is 0.281. The minimum atomic E-state index is -6.13. The molecular weight excluding hydrogens is 1100 g/mol. The van der Waals surface area contributed by atoms with Crippen LogP contribution >= 0.6 is 0 Å². The number of aromatic nitrogens is 1. The molecule has 0 fully saturated rings. The van der Waals surface area contributed by atoms with Crippen LogP contribution in [-0.4, -0.2) is 17.7 Å². The molecule has 0 atom stereocenters. The summed E-state index contributed by atoms with van der Waals surface area (Å²) in [5.74, 6) is -0.281. The van der Waals surface area contributed by atoms with Crippen LogP contribution in [0.25, 0.3) is 0 Å². The van der Waals surface area contributed by atoms with Crippen LogP contribution in [0.1, 0.15) is 81.2 Å². The fourth-order valence-corrected chi connectivity index (χ4v) is 7.90. The summed E-state index contributed by atoms with van der Waals surface area (Å²) >= 11 is 0. The van der Waals surface area contributed by atoms with Gasteiger partial charge >= 0.3 is 55.4 Å². The SMILES string of the molecule is CC(C)(C)OC(=O)c1ccc(C[n+]2ccccc2)cc1.FC(F)(F)c1cc([B-](c2cc(C(F)(F)F)cc(C(F)(F)F)c2)(c2cc(C(F)(F)F)cc(C(F)(F)F)c2)c2cc(C(F)(F)F)cc(C(F)(F)F)c2)cc(C(F)(F)F)c1. The zero-order valence-corrected chi connectivity index (χ0v) is 38.7. The van der Waals surface area contributed by atoms with Gasteiger partial charge in [-0.2, -0.15) is 127 Å². The van der Waals surface area contributed by atoms with Crippen LogP contribution in [0.5, 0.6) is 0 Å². The Labute approximate surface area is 418 Å². The van der Waals surface area contributed by atoms with Crippen molar-refractivity contribution in [3.8, 4) is 0 Å². The zero-order valence-electron chi connectivity index (χ0n) is 38.7. The molecule has 6 aromatic rings. The molecule has 1 aromatic heterocycles. The van der Waals surface area contributed by atoms with E-state index < -0.39 is 200 Å². The summed E-state index contributed by atoms with van der Waals surface area (Å²) in [6.45, 7) is 6.39. The quantitative estimate of drug-likeness (QED) is 0.0690. The van der Waals surface area contributed by atoms with Gasteiger partial charge in [0.15, 0.2) is 18.9 Å². The lowest BCUT2D eigenvalue weighted by Crippen LogP contribution is -2.75. The average molecular weight is 1130 g/mol. The highest BCUT2D eigenvalue weighted by Gasteiger charge is 2.47. The molecule has 0 aliphatic rings. The second kappa shape index (κ2) is 20.8. The molecule has 28 heteroatoms. The molecule has 0 radical (unpaired) electrons. The Kier molecular flexibility index (Phi) is 16.5. The number of halogens is 24. The number of carbonyl (C=O) groups is 1. The molecule has 3 nitrogen and oxygen atoms in total. The van der Waals surface area contributed by atoms with Crippen molar-refractivity contribution >= 4 is 34.0 Å². The summed E-state index contributed by atoms with van der Waals surface area (Å²) in [6.07, 6.45) is -50.8. The lowest BCUT2D eigenvalue weighted by Gasteiger charge is -2.46. The first-order chi connectivity index (χ1) is 34.7. The number of esters is 1. The molecule has 0 saturated carbocycles. The Hall–Kier alpha value is -6.90. The van der Waals surface area contributed by atoms with Crippen LogP contribution in [-0.2, 0) is 60.7 Å². The lowest BCUT2D eigenvalue weighted by atomic mass is 9.12. The molecule has 0 spiro atoms. The van der Waals surface area contributed by atoms with E-state index in [9.17, 15) is 110 Å². The van der Waals surface area contributed by atoms with Crippen molar-refractivity contribution in [3.63, 3.8) is 0 Å². The van der Waals surface area contributed by atoms with Gasteiger partial charge in [0.2, 0.25) is 0 Å². The molecule has 5 aromatic carbocycles. The Balaban J connectivity index is 0.000000455. The lowest BCUT2D eigenvalue weighted by molar-refractivity contribution is -0.688. The van der Waals surface area contributed by atoms with Gasteiger partial charge in [-0.15, -0.1) is 0 Å². The van der Waals surface area contributed by atoms with Crippen LogP contribution in [0.2, 0.25) is 0 Å². The molecule has 0 aliphatic carbocycles. The zero-order chi connectivity index (χ0) is 58.5. The van der Waals surface area contributed by atoms with Crippen molar-refractivity contribution in [2.75, 3.05) is 0 Å². The van der Waals surface area contributed by atoms with Crippen molar-refractivity contribution < 1.29 is 119 Å². The Morgan fingerprint density at radius 1 is 0.377 bits per heavy atom. The van der Waals surface area contributed by atoms with Gasteiger partial charge in [-0.25, -0.2) is 9.36 Å². The number of benzene rings is 5. The van der Waals surface area contributed by atoms with Crippen molar-refractivity contribution in [2.45, 2.75) is 82.3 Å². The van der Waals surface area contributed by atoms with Gasteiger partial charge < -0.3 is 4.74 Å². The van der Waals surface area contributed by atoms with Gasteiger partial charge in [0.1, 0.15) is 11.7 Å². The fourth-order valence-electron chi connectivity index (χ4n) is 7.90. The Morgan fingerprint density at radius 3 is 0.818 bits per heavy atom. The highest BCUT2D eigenvalue weighted by molar-refractivity contribution is 7.20. The van der Waals surface area contributed by atoms with Crippen molar-refractivity contribution in [2.24, 2.45) is 0 Å². The third-order valence-corrected chi connectivity index (χ3v) is 11.2. The van der Waals surface area contributed by atoms with Gasteiger partial charge in [-0.1, -0.05) is 66.7 Å². The topological polar surface area (TPSA) is 30.2 Å². The van der Waals surface area contributed by atoms with Gasteiger partial charge in [-0.05, 0) is 57.2 Å². The number of rotatable bonds is 7. The highest BCUT2D eigenvalue weighted by Crippen LogP contribution is 2.41. The van der Waals surface area contributed by atoms with Crippen LogP contribution in [0.3, 0.4) is 0 Å². The van der Waals surface area contributed by atoms with Gasteiger partial charge in [-0.3, -0.25) is 0 Å². The molecule has 0 saturated heterocycles. The molecule has 0 N–H and O–H groups in total. The number of hydrogen-bond donors (Lipinski definition) is 0. The monoisotopic (exact) mass is 1130 g/mol. The van der Waals surface area contributed by atoms with Crippen LogP contribution in [0.15, 0.2) is 128 Å². The number of carbonyl (C=O) groups excluding carboxylic acids is 1. The second-order valence-corrected chi connectivity index (χ2v) is 18.0. The third kappa shape index (κ3) is 15.0. The average Bonchev–Trinajstić information content (AvgIpc) is 3.27. The first kappa shape index (κ1) is 61.0. The maximum Gasteiger partial charge on any atom is 0.416 e. The predicted molar refractivity (Wildman–Crippen MR) is 227 cm³/mol. The molecule has 416 valence electrons. The summed E-state index contributed by atoms with van der Waals surface area (Å²) in [6, 6.07) is 4.71. The molecule has 0 aliphatic heterocycles. The Morgan fingerprint density at radius 2 is 0.610 bits per heavy atom. The summed E-state index contributed by atoms with van der Waals surface area (Å²) in [5.41, 5.74) is -28.9. The normalized spacial score (nSPS) is 13.5. The number of alkyl halides is 24. The summed E-state index contributed by atoms with van der Waals surface area (Å²) in [5, 5.41) is 0. The summed E-state index contributed by atoms with van der Waals surface area (Å²) in [4.78, 5) is 11.9. The van der Waals surface area contributed by atoms with E-state index in [0.29, 0.717) is 5.56 Å². The largest absolute Gasteiger partial charge is 0.456 e. The molecule has 77 heavy (non-hydrogen) atoms. The molecule has 6 rings (SSSR count). The number of pyridine rings is 1. The van der Waals surface area contributed by atoms with Crippen molar-refractivity contribution in [1.29, 1.82) is 0 Å². The van der Waals surface area contributed by atoms with Crippen LogP contribution in [0.4, 0.5) is 105 Å². The molecular formula is C49H32BF24NO2. The molecule has 0 bridgehead atoms. The minimum Gasteiger partial charge on any atom is -0.456 e. The number of nitrogens with zero attached hydrogens (tertiary/aromatic N) is 1. The fraction of sp³-hybridized carbons (Fsp3) is 0.265. The molecule has 0 unspecified atom stereocenters. The van der Waals surface area contributed by atoms with E-state index in [1.54, 1.807) is 0 Å². The van der Waals surface area contributed by atoms with Crippen LogP contribution in [0, 0.1) is 0 Å². The molecule has 1 heterocycles. The smallest absolute Gasteiger partial charge is 0.416 e. The van der Waals surface area contributed by atoms with E-state index in [-0.39, 0.29) is 5.97 Å². The predicted octanol–water partition coefficient (Wildman–Crippen LogP) is 14.2. The second-order valence-electron chi connectivity index (χ2n) is 18.0. The van der Waals surface area contributed by atoms with E-state index in [1.165, 1.54) is 0 Å². The van der Waals surface area contributed by atoms with E-state index in [1.807, 2.05) is 75.6 Å². The maximum atomic E-state index is 14.2. The maximum absolute atomic E-state index is 14.2. The molecule has 0 amide bonds. The van der Waals surface area contributed by atoms with Gasteiger partial charge in [0.05, 0.1) is 50.1 Å². The summed E-state index contributed by atoms with van der Waals surface area (Å²) < 4.78 is 348. The highest BCUT2D eigenvalue weighted by atomic mass is 19.4. The van der Waals surface area contributed by atoms with E-state index >= 15 is 0 Å². The van der Waals surface area contributed by atoms with E-state index in [0.717, 1.165) is 12.1 Å². The summed E-state index contributed by atoms with van der Waals surface area (Å²) in [7, 11) is 0. The Bertz CT molecular complexity index is 2630. The van der Waals surface area contributed by atoms with Crippen molar-refractivity contribution in [1.82, 2.24) is 0 Å². The first-order valence-electron chi connectivity index (χ1n) is 21.3. The first-order valence-corrected chi connectivity index (χ1v) is 21.3. The number of hydrogen-bond acceptors (Lipinski definition) is 2. The van der Waals surface area contributed by atoms with E-state index in [4.69, 9.17) is 4.74 Å². The van der Waals surface area contributed by atoms with Crippen molar-refractivity contribution in [3.05, 3.63) is 183 Å². The number of ether oxygens (including phenoxy) is 1. The van der Waals surface area contributed by atoms with Crippen LogP contribution < -0.4 is 26.4 Å². The standard InChI is InChI=1S/C32H12BF24.C17H20NO2/c34-25(35,36)13-1-14(26(37,38)39)6-21(5-13)33(22-7-15(27(40,41)42)2-16(8-22)28(43,44)45,23-9-17(29(46,47)48)3-18(10-23)30(49,50)51)24-11-19(31(52,53)54)4-20(12-24)32(55,56)57;1-17(2,3)20-16(19)15-9-7-14(8-10-15)13-18-11-5-4-6-12-18/h1-12H;4-12H,13H2,1-3H3/q-1;+1. The third-order valence-electron chi connectivity index (χ3n) is 11.2. The van der Waals surface area contributed by atoms with Gasteiger partial charge in [0.25, 0.3) is 0 Å². The van der Waals surface area contributed by atoms with E-state index in [2.05, 4.69) is 4.57 Å². The van der Waals surface area contributed by atoms with Gasteiger partial charge in [0, 0.05) is 17.7 Å².